The van der Waals surface area contributed by atoms with Gasteiger partial charge in [-0.1, -0.05) is 0 Å². The minimum Gasteiger partial charge on any atom is -0.316 e. The van der Waals surface area contributed by atoms with E-state index in [0.29, 0.717) is 5.78 Å². The highest BCUT2D eigenvalue weighted by Gasteiger charge is 2.42. The number of ketones is 1. The van der Waals surface area contributed by atoms with E-state index in [1.165, 1.54) is 6.42 Å². The Morgan fingerprint density at radius 1 is 1.27 bits per heavy atom. The molecule has 1 saturated carbocycles. The summed E-state index contributed by atoms with van der Waals surface area (Å²) in [7, 11) is 0. The monoisotopic (exact) mass is 153 g/mol. The molecule has 0 unspecified atom stereocenters. The molecule has 0 aromatic heterocycles. The quantitative estimate of drug-likeness (QED) is 0.565. The summed E-state index contributed by atoms with van der Waals surface area (Å²) in [5, 5.41) is 3.33. The van der Waals surface area contributed by atoms with E-state index in [9.17, 15) is 4.79 Å². The van der Waals surface area contributed by atoms with Gasteiger partial charge in [0.15, 0.2) is 0 Å². The van der Waals surface area contributed by atoms with Crippen molar-refractivity contribution >= 4 is 5.78 Å². The normalized spacial score (nSPS) is 38.4. The molecule has 1 heterocycles. The molecule has 2 nitrogen and oxygen atoms in total. The van der Waals surface area contributed by atoms with Crippen molar-refractivity contribution in [3.05, 3.63) is 0 Å². The molecule has 0 aromatic carbocycles. The minimum atomic E-state index is 0.0816. The van der Waals surface area contributed by atoms with Crippen LogP contribution in [-0.4, -0.2) is 18.9 Å². The molecule has 11 heavy (non-hydrogen) atoms. The maximum Gasteiger partial charge on any atom is 0.140 e. The summed E-state index contributed by atoms with van der Waals surface area (Å²) in [6, 6.07) is 0. The van der Waals surface area contributed by atoms with E-state index in [1.807, 2.05) is 0 Å². The van der Waals surface area contributed by atoms with Gasteiger partial charge in [0.2, 0.25) is 0 Å². The number of carbonyl (C=O) groups is 1. The Bertz CT molecular complexity index is 170. The van der Waals surface area contributed by atoms with Gasteiger partial charge in [0.1, 0.15) is 5.78 Å². The Morgan fingerprint density at radius 2 is 2.09 bits per heavy atom. The van der Waals surface area contributed by atoms with Crippen LogP contribution in [0.25, 0.3) is 0 Å². The molecule has 62 valence electrons. The standard InChI is InChI=1S/C9H15NO/c11-8-3-1-4-9(8)5-2-6-10-7-9/h10H,1-7H2/t9-/m0/s1. The second-order valence-electron chi connectivity index (χ2n) is 3.84. The van der Waals surface area contributed by atoms with Gasteiger partial charge in [-0.3, -0.25) is 4.79 Å². The van der Waals surface area contributed by atoms with Gasteiger partial charge in [-0.05, 0) is 32.2 Å². The first-order valence-corrected chi connectivity index (χ1v) is 4.58. The van der Waals surface area contributed by atoms with Crippen LogP contribution >= 0.6 is 0 Å². The third-order valence-electron chi connectivity index (χ3n) is 3.12. The zero-order valence-electron chi connectivity index (χ0n) is 6.86. The number of Topliss-reactive ketones (excluding diaryl/α,β-unsaturated/α-hetero) is 1. The molecule has 2 aliphatic rings. The van der Waals surface area contributed by atoms with Crippen LogP contribution in [0.3, 0.4) is 0 Å². The van der Waals surface area contributed by atoms with Gasteiger partial charge >= 0.3 is 0 Å². The van der Waals surface area contributed by atoms with Crippen LogP contribution in [0.5, 0.6) is 0 Å². The van der Waals surface area contributed by atoms with Gasteiger partial charge in [0, 0.05) is 18.4 Å². The molecule has 2 rings (SSSR count). The third-order valence-corrected chi connectivity index (χ3v) is 3.12. The van der Waals surface area contributed by atoms with Crippen LogP contribution in [0.4, 0.5) is 0 Å². The fourth-order valence-electron chi connectivity index (χ4n) is 2.41. The number of hydrogen-bond donors (Lipinski definition) is 1. The fourth-order valence-corrected chi connectivity index (χ4v) is 2.41. The van der Waals surface area contributed by atoms with Gasteiger partial charge in [-0.25, -0.2) is 0 Å². The van der Waals surface area contributed by atoms with Crippen molar-refractivity contribution in [2.24, 2.45) is 5.41 Å². The van der Waals surface area contributed by atoms with Crippen LogP contribution in [0.1, 0.15) is 32.1 Å². The summed E-state index contributed by atoms with van der Waals surface area (Å²) in [6.45, 7) is 2.06. The Balaban J connectivity index is 2.12. The van der Waals surface area contributed by atoms with E-state index < -0.39 is 0 Å². The van der Waals surface area contributed by atoms with E-state index in [0.717, 1.165) is 38.8 Å². The second-order valence-corrected chi connectivity index (χ2v) is 3.84. The van der Waals surface area contributed by atoms with Gasteiger partial charge in [0.25, 0.3) is 0 Å². The van der Waals surface area contributed by atoms with Crippen LogP contribution in [0, 0.1) is 5.41 Å². The molecule has 0 radical (unpaired) electrons. The molecule has 1 atom stereocenters. The number of hydrogen-bond acceptors (Lipinski definition) is 2. The Labute approximate surface area is 67.4 Å². The van der Waals surface area contributed by atoms with Gasteiger partial charge in [-0.15, -0.1) is 0 Å². The predicted octanol–water partition coefficient (Wildman–Crippen LogP) is 1.11. The Morgan fingerprint density at radius 3 is 2.64 bits per heavy atom. The van der Waals surface area contributed by atoms with E-state index >= 15 is 0 Å². The first-order valence-electron chi connectivity index (χ1n) is 4.58. The van der Waals surface area contributed by atoms with Crippen molar-refractivity contribution in [1.29, 1.82) is 0 Å². The lowest BCUT2D eigenvalue weighted by Crippen LogP contribution is -2.42. The van der Waals surface area contributed by atoms with Crippen molar-refractivity contribution in [3.63, 3.8) is 0 Å². The first-order chi connectivity index (χ1) is 5.33. The minimum absolute atomic E-state index is 0.0816. The highest BCUT2D eigenvalue weighted by Crippen LogP contribution is 2.39. The molecule has 1 aliphatic carbocycles. The van der Waals surface area contributed by atoms with E-state index in [1.54, 1.807) is 0 Å². The Kier molecular flexibility index (Phi) is 1.72. The SMILES string of the molecule is O=C1CCC[C@@]12CCCNC2. The summed E-state index contributed by atoms with van der Waals surface area (Å²) in [5.41, 5.74) is 0.0816. The fraction of sp³-hybridized carbons (Fsp3) is 0.889. The zero-order valence-corrected chi connectivity index (χ0v) is 6.86. The van der Waals surface area contributed by atoms with Crippen molar-refractivity contribution < 1.29 is 4.79 Å². The summed E-state index contributed by atoms with van der Waals surface area (Å²) in [4.78, 5) is 11.5. The largest absolute Gasteiger partial charge is 0.316 e. The van der Waals surface area contributed by atoms with Crippen molar-refractivity contribution in [3.8, 4) is 0 Å². The maximum atomic E-state index is 11.5. The smallest absolute Gasteiger partial charge is 0.140 e. The topological polar surface area (TPSA) is 29.1 Å². The van der Waals surface area contributed by atoms with E-state index in [-0.39, 0.29) is 5.41 Å². The molecular weight excluding hydrogens is 138 g/mol. The average Bonchev–Trinajstić information content (AvgIpc) is 2.36. The van der Waals surface area contributed by atoms with Crippen LogP contribution in [0.2, 0.25) is 0 Å². The molecule has 2 fully saturated rings. The van der Waals surface area contributed by atoms with Crippen molar-refractivity contribution in [2.75, 3.05) is 13.1 Å². The van der Waals surface area contributed by atoms with Crippen LogP contribution < -0.4 is 5.32 Å². The summed E-state index contributed by atoms with van der Waals surface area (Å²) >= 11 is 0. The molecule has 1 saturated heterocycles. The van der Waals surface area contributed by atoms with E-state index in [2.05, 4.69) is 5.32 Å². The van der Waals surface area contributed by atoms with Gasteiger partial charge in [0.05, 0.1) is 0 Å². The molecule has 1 N–H and O–H groups in total. The molecule has 1 spiro atoms. The summed E-state index contributed by atoms with van der Waals surface area (Å²) in [5.74, 6) is 0.518. The lowest BCUT2D eigenvalue weighted by Gasteiger charge is -2.31. The number of piperidine rings is 1. The molecule has 2 heteroatoms. The lowest BCUT2D eigenvalue weighted by atomic mass is 9.78. The number of rotatable bonds is 0. The summed E-state index contributed by atoms with van der Waals surface area (Å²) < 4.78 is 0. The lowest BCUT2D eigenvalue weighted by molar-refractivity contribution is -0.126. The average molecular weight is 153 g/mol. The van der Waals surface area contributed by atoms with Crippen LogP contribution in [-0.2, 0) is 4.79 Å². The number of carbonyl (C=O) groups excluding carboxylic acids is 1. The number of nitrogens with one attached hydrogen (secondary N) is 1. The molecule has 1 aliphatic heterocycles. The first kappa shape index (κ1) is 7.29. The highest BCUT2D eigenvalue weighted by atomic mass is 16.1. The second kappa shape index (κ2) is 2.59. The van der Waals surface area contributed by atoms with E-state index in [4.69, 9.17) is 0 Å². The Hall–Kier alpha value is -0.370. The predicted molar refractivity (Wildman–Crippen MR) is 43.4 cm³/mol. The van der Waals surface area contributed by atoms with Gasteiger partial charge in [-0.2, -0.15) is 0 Å². The molecule has 0 aromatic rings. The summed E-state index contributed by atoms with van der Waals surface area (Å²) in [6.07, 6.45) is 5.42. The maximum absolute atomic E-state index is 11.5. The third kappa shape index (κ3) is 1.09. The zero-order chi connectivity index (χ0) is 7.73. The molecular formula is C9H15NO. The van der Waals surface area contributed by atoms with Crippen LogP contribution in [0.15, 0.2) is 0 Å². The molecule has 0 bridgehead atoms. The van der Waals surface area contributed by atoms with Crippen molar-refractivity contribution in [1.82, 2.24) is 5.32 Å². The molecule has 0 amide bonds. The van der Waals surface area contributed by atoms with Crippen molar-refractivity contribution in [2.45, 2.75) is 32.1 Å². The van der Waals surface area contributed by atoms with Gasteiger partial charge < -0.3 is 5.32 Å². The highest BCUT2D eigenvalue weighted by molar-refractivity contribution is 5.87.